The number of aliphatic hydroxyl groups excluding tert-OH is 1. The molecule has 2 heterocycles. The van der Waals surface area contributed by atoms with Crippen LogP contribution < -0.4 is 4.74 Å². The number of carbonyl (C=O) groups is 1. The number of carboxylic acid groups (broad SMARTS) is 1. The van der Waals surface area contributed by atoms with Crippen LogP contribution in [0.15, 0.2) is 66.7 Å². The average Bonchev–Trinajstić information content (AvgIpc) is 3.28. The number of fused-ring (bicyclic) bond motifs is 2. The predicted octanol–water partition coefficient (Wildman–Crippen LogP) is 4.64. The molecule has 0 radical (unpaired) electrons. The van der Waals surface area contributed by atoms with Gasteiger partial charge in [-0.05, 0) is 66.4 Å². The van der Waals surface area contributed by atoms with Crippen molar-refractivity contribution in [1.29, 1.82) is 0 Å². The number of likely N-dealkylation sites (tertiary alicyclic amines) is 1. The van der Waals surface area contributed by atoms with E-state index in [1.54, 1.807) is 12.1 Å². The van der Waals surface area contributed by atoms with Crippen LogP contribution in [0.3, 0.4) is 0 Å². The van der Waals surface area contributed by atoms with E-state index in [1.165, 1.54) is 16.3 Å². The molecule has 3 N–H and O–H groups in total. The van der Waals surface area contributed by atoms with Gasteiger partial charge in [-0.3, -0.25) is 0 Å². The molecule has 1 aromatic heterocycles. The lowest BCUT2D eigenvalue weighted by Gasteiger charge is -2.33. The number of aromatic carboxylic acids is 1. The molecule has 5 rings (SSSR count). The number of benzene rings is 3. The minimum absolute atomic E-state index is 0.121. The third-order valence-electron chi connectivity index (χ3n) is 6.59. The van der Waals surface area contributed by atoms with E-state index in [1.807, 2.05) is 12.1 Å². The van der Waals surface area contributed by atoms with Gasteiger partial charge in [0.05, 0.1) is 0 Å². The Labute approximate surface area is 192 Å². The second kappa shape index (κ2) is 9.25. The number of aliphatic hydroxyl groups is 1. The maximum Gasteiger partial charge on any atom is 0.352 e. The average molecular weight is 445 g/mol. The third-order valence-corrected chi connectivity index (χ3v) is 6.59. The van der Waals surface area contributed by atoms with Crippen LogP contribution in [0.1, 0.15) is 34.8 Å². The summed E-state index contributed by atoms with van der Waals surface area (Å²) in [6.45, 7) is 2.62. The van der Waals surface area contributed by atoms with Crippen molar-refractivity contribution in [2.75, 3.05) is 26.2 Å². The molecule has 6 nitrogen and oxygen atoms in total. The number of hydrogen-bond acceptors (Lipinski definition) is 4. The predicted molar refractivity (Wildman–Crippen MR) is 129 cm³/mol. The van der Waals surface area contributed by atoms with Crippen LogP contribution in [-0.4, -0.2) is 58.4 Å². The standard InChI is InChI=1S/C27H28N2O4/c30-22(17-33-26-7-3-6-24-23(26)15-25(28-24)27(31)32)16-29-12-10-19(11-13-29)21-9-8-18-4-1-2-5-20(18)14-21/h1-9,14-15,19,22,28,30H,10-13,16-17H2,(H,31,32)/t22-/m0/s1. The topological polar surface area (TPSA) is 85.8 Å². The molecule has 0 aliphatic carbocycles. The summed E-state index contributed by atoms with van der Waals surface area (Å²) in [7, 11) is 0. The highest BCUT2D eigenvalue weighted by Gasteiger charge is 2.23. The molecule has 1 saturated heterocycles. The number of aromatic nitrogens is 1. The molecule has 4 aromatic rings. The van der Waals surface area contributed by atoms with Crippen LogP contribution in [0.5, 0.6) is 5.75 Å². The Bertz CT molecular complexity index is 1270. The Morgan fingerprint density at radius 1 is 1.03 bits per heavy atom. The number of H-pyrrole nitrogens is 1. The van der Waals surface area contributed by atoms with Gasteiger partial charge >= 0.3 is 5.97 Å². The number of ether oxygens (including phenoxy) is 1. The number of carboxylic acids is 1. The van der Waals surface area contributed by atoms with E-state index in [4.69, 9.17) is 4.74 Å². The second-order valence-corrected chi connectivity index (χ2v) is 8.85. The molecule has 0 bridgehead atoms. The molecule has 0 spiro atoms. The lowest BCUT2D eigenvalue weighted by molar-refractivity contribution is 0.0599. The van der Waals surface area contributed by atoms with Gasteiger partial charge in [-0.1, -0.05) is 48.5 Å². The van der Waals surface area contributed by atoms with Gasteiger partial charge in [0.15, 0.2) is 0 Å². The summed E-state index contributed by atoms with van der Waals surface area (Å²) in [5.41, 5.74) is 2.23. The van der Waals surface area contributed by atoms with Crippen molar-refractivity contribution < 1.29 is 19.7 Å². The zero-order chi connectivity index (χ0) is 22.8. The summed E-state index contributed by atoms with van der Waals surface area (Å²) in [6.07, 6.45) is 1.54. The van der Waals surface area contributed by atoms with Crippen LogP contribution in [0.25, 0.3) is 21.7 Å². The molecule has 0 amide bonds. The zero-order valence-electron chi connectivity index (χ0n) is 18.4. The summed E-state index contributed by atoms with van der Waals surface area (Å²) >= 11 is 0. The van der Waals surface area contributed by atoms with Crippen molar-refractivity contribution in [3.8, 4) is 5.75 Å². The van der Waals surface area contributed by atoms with E-state index < -0.39 is 12.1 Å². The molecule has 33 heavy (non-hydrogen) atoms. The quantitative estimate of drug-likeness (QED) is 0.387. The molecule has 6 heteroatoms. The van der Waals surface area contributed by atoms with Crippen LogP contribution >= 0.6 is 0 Å². The van der Waals surface area contributed by atoms with Gasteiger partial charge < -0.3 is 24.8 Å². The van der Waals surface area contributed by atoms with Gasteiger partial charge in [-0.15, -0.1) is 0 Å². The molecular weight excluding hydrogens is 416 g/mol. The number of rotatable bonds is 7. The molecule has 0 saturated carbocycles. The van der Waals surface area contributed by atoms with Crippen LogP contribution in [0.4, 0.5) is 0 Å². The smallest absolute Gasteiger partial charge is 0.352 e. The first-order valence-corrected chi connectivity index (χ1v) is 11.4. The fraction of sp³-hybridized carbons (Fsp3) is 0.296. The van der Waals surface area contributed by atoms with E-state index in [0.29, 0.717) is 29.1 Å². The lowest BCUT2D eigenvalue weighted by atomic mass is 9.88. The van der Waals surface area contributed by atoms with E-state index in [2.05, 4.69) is 52.3 Å². The van der Waals surface area contributed by atoms with E-state index in [-0.39, 0.29) is 12.3 Å². The van der Waals surface area contributed by atoms with Gasteiger partial charge in [0.1, 0.15) is 24.2 Å². The Morgan fingerprint density at radius 2 is 1.82 bits per heavy atom. The first-order chi connectivity index (χ1) is 16.1. The van der Waals surface area contributed by atoms with Crippen LogP contribution in [-0.2, 0) is 0 Å². The van der Waals surface area contributed by atoms with E-state index >= 15 is 0 Å². The summed E-state index contributed by atoms with van der Waals surface area (Å²) in [6, 6.07) is 22.2. The molecule has 1 atom stereocenters. The second-order valence-electron chi connectivity index (χ2n) is 8.85. The number of piperidine rings is 1. The van der Waals surface area contributed by atoms with Gasteiger partial charge in [0, 0.05) is 17.4 Å². The van der Waals surface area contributed by atoms with Crippen molar-refractivity contribution in [3.63, 3.8) is 0 Å². The number of nitrogens with zero attached hydrogens (tertiary/aromatic N) is 1. The molecular formula is C27H28N2O4. The van der Waals surface area contributed by atoms with Gasteiger partial charge in [0.2, 0.25) is 0 Å². The van der Waals surface area contributed by atoms with E-state index in [9.17, 15) is 15.0 Å². The Kier molecular flexibility index (Phi) is 6.03. The first kappa shape index (κ1) is 21.5. The Hall–Kier alpha value is -3.35. The van der Waals surface area contributed by atoms with Crippen molar-refractivity contribution in [2.24, 2.45) is 0 Å². The summed E-state index contributed by atoms with van der Waals surface area (Å²) in [4.78, 5) is 16.4. The van der Waals surface area contributed by atoms with E-state index in [0.717, 1.165) is 25.9 Å². The van der Waals surface area contributed by atoms with Gasteiger partial charge in [-0.2, -0.15) is 0 Å². The molecule has 1 fully saturated rings. The van der Waals surface area contributed by atoms with Crippen LogP contribution in [0.2, 0.25) is 0 Å². The number of hydrogen-bond donors (Lipinski definition) is 3. The highest BCUT2D eigenvalue weighted by molar-refractivity contribution is 5.96. The summed E-state index contributed by atoms with van der Waals surface area (Å²) in [5.74, 6) is 0.114. The number of β-amino-alcohol motifs (C(OH)–C–C–N with tert-alkyl or cyclic N) is 1. The van der Waals surface area contributed by atoms with Crippen molar-refractivity contribution in [3.05, 3.63) is 78.0 Å². The maximum atomic E-state index is 11.2. The monoisotopic (exact) mass is 444 g/mol. The molecule has 1 aliphatic rings. The van der Waals surface area contributed by atoms with Gasteiger partial charge in [-0.25, -0.2) is 4.79 Å². The number of nitrogens with one attached hydrogen (secondary N) is 1. The molecule has 170 valence electrons. The third kappa shape index (κ3) is 4.72. The highest BCUT2D eigenvalue weighted by Crippen LogP contribution is 2.30. The fourth-order valence-electron chi connectivity index (χ4n) is 4.82. The molecule has 0 unspecified atom stereocenters. The minimum Gasteiger partial charge on any atom is -0.490 e. The summed E-state index contributed by atoms with van der Waals surface area (Å²) < 4.78 is 5.86. The van der Waals surface area contributed by atoms with Crippen molar-refractivity contribution >= 4 is 27.6 Å². The zero-order valence-corrected chi connectivity index (χ0v) is 18.4. The van der Waals surface area contributed by atoms with Crippen LogP contribution in [0, 0.1) is 0 Å². The van der Waals surface area contributed by atoms with Crippen molar-refractivity contribution in [2.45, 2.75) is 24.9 Å². The summed E-state index contributed by atoms with van der Waals surface area (Å²) in [5, 5.41) is 23.0. The van der Waals surface area contributed by atoms with Gasteiger partial charge in [0.25, 0.3) is 0 Å². The van der Waals surface area contributed by atoms with Crippen molar-refractivity contribution in [1.82, 2.24) is 9.88 Å². The first-order valence-electron chi connectivity index (χ1n) is 11.4. The highest BCUT2D eigenvalue weighted by atomic mass is 16.5. The number of aromatic amines is 1. The Morgan fingerprint density at radius 3 is 2.61 bits per heavy atom. The lowest BCUT2D eigenvalue weighted by Crippen LogP contribution is -2.40. The Balaban J connectivity index is 1.14. The molecule has 3 aromatic carbocycles. The largest absolute Gasteiger partial charge is 0.490 e. The fourth-order valence-corrected chi connectivity index (χ4v) is 4.82. The normalized spacial score (nSPS) is 16.3. The maximum absolute atomic E-state index is 11.2. The minimum atomic E-state index is -1.01. The SMILES string of the molecule is O=C(O)c1cc2c(OC[C@@H](O)CN3CCC(c4ccc5ccccc5c4)CC3)cccc2[nH]1. The molecule has 1 aliphatic heterocycles.